The van der Waals surface area contributed by atoms with Crippen molar-refractivity contribution < 1.29 is 14.3 Å². The molecule has 0 unspecified atom stereocenters. The molecule has 0 spiro atoms. The summed E-state index contributed by atoms with van der Waals surface area (Å²) >= 11 is 0. The molecule has 1 aliphatic heterocycles. The molecule has 5 heteroatoms. The molecule has 0 aromatic heterocycles. The summed E-state index contributed by atoms with van der Waals surface area (Å²) in [5.74, 6) is 1.61. The summed E-state index contributed by atoms with van der Waals surface area (Å²) in [6.45, 7) is 13.5. The second-order valence-electron chi connectivity index (χ2n) is 8.82. The molecule has 1 aliphatic rings. The van der Waals surface area contributed by atoms with E-state index in [1.54, 1.807) is 7.11 Å². The number of hydrogen-bond acceptors (Lipinski definition) is 4. The second kappa shape index (κ2) is 9.52. The standard InChI is InChI=1S/C25H34N2O3/c1-6-26-13-15-27(16-14-26)24(28)19-7-12-23(29-5)20(17-19)18-30-22-10-8-21(9-11-22)25(2,3)4/h7-12,17H,6,13-16,18H2,1-5H3. The Morgan fingerprint density at radius 3 is 2.23 bits per heavy atom. The van der Waals surface area contributed by atoms with Gasteiger partial charge in [0.25, 0.3) is 5.91 Å². The minimum Gasteiger partial charge on any atom is -0.496 e. The Balaban J connectivity index is 1.69. The van der Waals surface area contributed by atoms with Gasteiger partial charge in [-0.15, -0.1) is 0 Å². The number of likely N-dealkylation sites (N-methyl/N-ethyl adjacent to an activating group) is 1. The van der Waals surface area contributed by atoms with E-state index in [1.807, 2.05) is 35.2 Å². The van der Waals surface area contributed by atoms with Crippen molar-refractivity contribution in [2.45, 2.75) is 39.7 Å². The minimum absolute atomic E-state index is 0.0733. The average molecular weight is 411 g/mol. The first-order valence-corrected chi connectivity index (χ1v) is 10.7. The lowest BCUT2D eigenvalue weighted by molar-refractivity contribution is 0.0643. The largest absolute Gasteiger partial charge is 0.496 e. The number of amides is 1. The van der Waals surface area contributed by atoms with Crippen LogP contribution in [0.15, 0.2) is 42.5 Å². The third-order valence-electron chi connectivity index (χ3n) is 5.75. The van der Waals surface area contributed by atoms with E-state index in [1.165, 1.54) is 5.56 Å². The molecule has 0 aliphatic carbocycles. The topological polar surface area (TPSA) is 42.0 Å². The van der Waals surface area contributed by atoms with Gasteiger partial charge in [-0.25, -0.2) is 0 Å². The SMILES string of the molecule is CCN1CCN(C(=O)c2ccc(OC)c(COc3ccc(C(C)(C)C)cc3)c2)CC1. The van der Waals surface area contributed by atoms with E-state index in [9.17, 15) is 4.79 Å². The fourth-order valence-corrected chi connectivity index (χ4v) is 3.69. The molecule has 1 fully saturated rings. The van der Waals surface area contributed by atoms with Gasteiger partial charge in [0.15, 0.2) is 0 Å². The number of piperazine rings is 1. The van der Waals surface area contributed by atoms with Gasteiger partial charge in [-0.05, 0) is 47.9 Å². The quantitative estimate of drug-likeness (QED) is 0.710. The van der Waals surface area contributed by atoms with Crippen LogP contribution in [-0.2, 0) is 12.0 Å². The fraction of sp³-hybridized carbons (Fsp3) is 0.480. The number of benzene rings is 2. The van der Waals surface area contributed by atoms with Crippen LogP contribution in [-0.4, -0.2) is 55.5 Å². The van der Waals surface area contributed by atoms with E-state index in [-0.39, 0.29) is 11.3 Å². The van der Waals surface area contributed by atoms with Crippen molar-refractivity contribution in [2.75, 3.05) is 39.8 Å². The molecule has 0 bridgehead atoms. The molecular formula is C25H34N2O3. The number of hydrogen-bond donors (Lipinski definition) is 0. The highest BCUT2D eigenvalue weighted by molar-refractivity contribution is 5.94. The Morgan fingerprint density at radius 1 is 1.00 bits per heavy atom. The average Bonchev–Trinajstić information content (AvgIpc) is 2.76. The van der Waals surface area contributed by atoms with E-state index in [0.717, 1.165) is 49.8 Å². The highest BCUT2D eigenvalue weighted by Crippen LogP contribution is 2.26. The van der Waals surface area contributed by atoms with Crippen LogP contribution in [0, 0.1) is 0 Å². The molecule has 0 radical (unpaired) electrons. The van der Waals surface area contributed by atoms with Gasteiger partial charge < -0.3 is 19.3 Å². The first-order chi connectivity index (χ1) is 14.3. The van der Waals surface area contributed by atoms with Gasteiger partial charge in [0.2, 0.25) is 0 Å². The molecule has 0 atom stereocenters. The normalized spacial score (nSPS) is 15.2. The number of ether oxygens (including phenoxy) is 2. The van der Waals surface area contributed by atoms with Gasteiger partial charge in [-0.1, -0.05) is 39.8 Å². The first kappa shape index (κ1) is 22.2. The van der Waals surface area contributed by atoms with Crippen molar-refractivity contribution >= 4 is 5.91 Å². The summed E-state index contributed by atoms with van der Waals surface area (Å²) in [6.07, 6.45) is 0. The third-order valence-corrected chi connectivity index (χ3v) is 5.75. The number of rotatable bonds is 6. The monoisotopic (exact) mass is 410 g/mol. The van der Waals surface area contributed by atoms with Crippen molar-refractivity contribution in [2.24, 2.45) is 0 Å². The van der Waals surface area contributed by atoms with Crippen LogP contribution >= 0.6 is 0 Å². The van der Waals surface area contributed by atoms with Crippen molar-refractivity contribution in [3.8, 4) is 11.5 Å². The van der Waals surface area contributed by atoms with Crippen molar-refractivity contribution in [1.29, 1.82) is 0 Å². The van der Waals surface area contributed by atoms with Crippen molar-refractivity contribution in [1.82, 2.24) is 9.80 Å². The molecule has 1 saturated heterocycles. The predicted octanol–water partition coefficient (Wildman–Crippen LogP) is 4.35. The highest BCUT2D eigenvalue weighted by Gasteiger charge is 2.22. The maximum atomic E-state index is 13.0. The third kappa shape index (κ3) is 5.33. The van der Waals surface area contributed by atoms with Gasteiger partial charge in [0.1, 0.15) is 18.1 Å². The molecule has 162 valence electrons. The van der Waals surface area contributed by atoms with E-state index in [0.29, 0.717) is 12.2 Å². The Bertz CT molecular complexity index is 848. The maximum Gasteiger partial charge on any atom is 0.253 e. The maximum absolute atomic E-state index is 13.0. The van der Waals surface area contributed by atoms with Gasteiger partial charge in [-0.3, -0.25) is 4.79 Å². The Hall–Kier alpha value is -2.53. The lowest BCUT2D eigenvalue weighted by Crippen LogP contribution is -2.48. The van der Waals surface area contributed by atoms with Crippen molar-refractivity contribution in [3.63, 3.8) is 0 Å². The molecule has 2 aromatic carbocycles. The molecular weight excluding hydrogens is 376 g/mol. The number of carbonyl (C=O) groups excluding carboxylic acids is 1. The highest BCUT2D eigenvalue weighted by atomic mass is 16.5. The smallest absolute Gasteiger partial charge is 0.253 e. The molecule has 1 heterocycles. The van der Waals surface area contributed by atoms with E-state index >= 15 is 0 Å². The molecule has 30 heavy (non-hydrogen) atoms. The number of carbonyl (C=O) groups is 1. The first-order valence-electron chi connectivity index (χ1n) is 10.7. The minimum atomic E-state index is 0.0733. The van der Waals surface area contributed by atoms with Crippen LogP contribution in [0.3, 0.4) is 0 Å². The van der Waals surface area contributed by atoms with Gasteiger partial charge in [0, 0.05) is 37.3 Å². The van der Waals surface area contributed by atoms with Gasteiger partial charge in [-0.2, -0.15) is 0 Å². The molecule has 0 N–H and O–H groups in total. The second-order valence-corrected chi connectivity index (χ2v) is 8.82. The van der Waals surface area contributed by atoms with Crippen LogP contribution in [0.25, 0.3) is 0 Å². The Kier molecular flexibility index (Phi) is 7.03. The molecule has 3 rings (SSSR count). The zero-order valence-corrected chi connectivity index (χ0v) is 18.9. The fourth-order valence-electron chi connectivity index (χ4n) is 3.69. The molecule has 2 aromatic rings. The Morgan fingerprint density at radius 2 is 1.67 bits per heavy atom. The predicted molar refractivity (Wildman–Crippen MR) is 120 cm³/mol. The summed E-state index contributed by atoms with van der Waals surface area (Å²) < 4.78 is 11.5. The number of methoxy groups -OCH3 is 1. The van der Waals surface area contributed by atoms with Crippen LogP contribution < -0.4 is 9.47 Å². The van der Waals surface area contributed by atoms with E-state index in [4.69, 9.17) is 9.47 Å². The molecule has 5 nitrogen and oxygen atoms in total. The van der Waals surface area contributed by atoms with Crippen LogP contribution in [0.2, 0.25) is 0 Å². The van der Waals surface area contributed by atoms with Gasteiger partial charge >= 0.3 is 0 Å². The summed E-state index contributed by atoms with van der Waals surface area (Å²) in [5, 5.41) is 0. The summed E-state index contributed by atoms with van der Waals surface area (Å²) in [4.78, 5) is 17.3. The lowest BCUT2D eigenvalue weighted by Gasteiger charge is -2.34. The van der Waals surface area contributed by atoms with Crippen LogP contribution in [0.1, 0.15) is 49.2 Å². The Labute approximate surface area is 180 Å². The van der Waals surface area contributed by atoms with E-state index < -0.39 is 0 Å². The summed E-state index contributed by atoms with van der Waals surface area (Å²) in [7, 11) is 1.64. The van der Waals surface area contributed by atoms with Crippen LogP contribution in [0.4, 0.5) is 0 Å². The van der Waals surface area contributed by atoms with Crippen LogP contribution in [0.5, 0.6) is 11.5 Å². The number of nitrogens with zero attached hydrogens (tertiary/aromatic N) is 2. The molecule has 1 amide bonds. The summed E-state index contributed by atoms with van der Waals surface area (Å²) in [6, 6.07) is 13.8. The van der Waals surface area contributed by atoms with E-state index in [2.05, 4.69) is 44.7 Å². The van der Waals surface area contributed by atoms with Crippen molar-refractivity contribution in [3.05, 3.63) is 59.2 Å². The zero-order chi connectivity index (χ0) is 21.7. The van der Waals surface area contributed by atoms with Gasteiger partial charge in [0.05, 0.1) is 7.11 Å². The lowest BCUT2D eigenvalue weighted by atomic mass is 9.87. The molecule has 0 saturated carbocycles. The summed E-state index contributed by atoms with van der Waals surface area (Å²) in [5.41, 5.74) is 2.93. The zero-order valence-electron chi connectivity index (χ0n) is 18.9.